The summed E-state index contributed by atoms with van der Waals surface area (Å²) in [6.45, 7) is 0.638. The number of nitrogens with two attached hydrogens (primary N) is 1. The van der Waals surface area contributed by atoms with Crippen LogP contribution in [0, 0.1) is 11.7 Å². The normalized spacial score (nSPS) is 18.0. The summed E-state index contributed by atoms with van der Waals surface area (Å²) in [6, 6.07) is 4.77. The minimum Gasteiger partial charge on any atom is -0.397 e. The molecule has 1 amide bonds. The first-order valence-electron chi connectivity index (χ1n) is 7.06. The summed E-state index contributed by atoms with van der Waals surface area (Å²) < 4.78 is 14.5. The number of benzene rings is 1. The molecular weight excluding hydrogens is 287 g/mol. The second-order valence-electron chi connectivity index (χ2n) is 5.32. The molecule has 1 aliphatic carbocycles. The van der Waals surface area contributed by atoms with Gasteiger partial charge in [0.1, 0.15) is 10.7 Å². The van der Waals surface area contributed by atoms with E-state index in [4.69, 9.17) is 5.73 Å². The predicted octanol–water partition coefficient (Wildman–Crippen LogP) is 3.71. The predicted molar refractivity (Wildman–Crippen MR) is 85.0 cm³/mol. The minimum atomic E-state index is -0.377. The lowest BCUT2D eigenvalue weighted by Crippen LogP contribution is -2.29. The van der Waals surface area contributed by atoms with Crippen LogP contribution in [0.25, 0.3) is 10.1 Å². The molecule has 0 saturated heterocycles. The third kappa shape index (κ3) is 2.78. The fourth-order valence-electron chi connectivity index (χ4n) is 2.66. The van der Waals surface area contributed by atoms with Crippen molar-refractivity contribution in [2.24, 2.45) is 5.92 Å². The fraction of sp³-hybridized carbons (Fsp3) is 0.312. The van der Waals surface area contributed by atoms with Gasteiger partial charge in [-0.25, -0.2) is 4.39 Å². The Labute approximate surface area is 126 Å². The topological polar surface area (TPSA) is 55.1 Å². The third-order valence-electron chi connectivity index (χ3n) is 3.84. The second kappa shape index (κ2) is 5.85. The lowest BCUT2D eigenvalue weighted by atomic mass is 9.94. The summed E-state index contributed by atoms with van der Waals surface area (Å²) in [5, 5.41) is 3.28. The van der Waals surface area contributed by atoms with Gasteiger partial charge in [0, 0.05) is 11.2 Å². The van der Waals surface area contributed by atoms with Crippen LogP contribution < -0.4 is 11.1 Å². The van der Waals surface area contributed by atoms with Gasteiger partial charge >= 0.3 is 0 Å². The highest BCUT2D eigenvalue weighted by Crippen LogP contribution is 2.35. The van der Waals surface area contributed by atoms with E-state index in [-0.39, 0.29) is 17.4 Å². The number of thiophene rings is 1. The average Bonchev–Trinajstić information content (AvgIpc) is 2.84. The van der Waals surface area contributed by atoms with Crippen molar-refractivity contribution in [3.8, 4) is 0 Å². The van der Waals surface area contributed by atoms with Crippen molar-refractivity contribution in [2.75, 3.05) is 12.3 Å². The molecule has 0 bridgehead atoms. The van der Waals surface area contributed by atoms with Crippen LogP contribution in [0.5, 0.6) is 0 Å². The average molecular weight is 304 g/mol. The molecule has 110 valence electrons. The lowest BCUT2D eigenvalue weighted by Gasteiger charge is -2.17. The molecule has 3 rings (SSSR count). The van der Waals surface area contributed by atoms with E-state index < -0.39 is 0 Å². The molecule has 1 aromatic heterocycles. The van der Waals surface area contributed by atoms with Crippen molar-refractivity contribution < 1.29 is 9.18 Å². The molecule has 3 N–H and O–H groups in total. The Morgan fingerprint density at radius 3 is 3.00 bits per heavy atom. The molecule has 1 atom stereocenters. The van der Waals surface area contributed by atoms with Gasteiger partial charge in [0.2, 0.25) is 0 Å². The number of fused-ring (bicyclic) bond motifs is 1. The highest BCUT2D eigenvalue weighted by molar-refractivity contribution is 7.21. The smallest absolute Gasteiger partial charge is 0.263 e. The zero-order valence-electron chi connectivity index (χ0n) is 11.6. The minimum absolute atomic E-state index is 0.206. The summed E-state index contributed by atoms with van der Waals surface area (Å²) in [5.74, 6) is -0.105. The van der Waals surface area contributed by atoms with E-state index >= 15 is 0 Å². The molecular formula is C16H17FN2OS. The number of halogens is 1. The number of hydrogen-bond acceptors (Lipinski definition) is 3. The standard InChI is InChI=1S/C16H17FN2OS/c17-11-7-4-8-12-13(11)14(18)15(21-12)16(20)19-9-10-5-2-1-3-6-10/h1-2,4,7-8,10H,3,5-6,9,18H2,(H,19,20). The Balaban J connectivity index is 1.77. The molecule has 1 aromatic carbocycles. The molecule has 0 radical (unpaired) electrons. The molecule has 1 unspecified atom stereocenters. The number of rotatable bonds is 3. The zero-order chi connectivity index (χ0) is 14.8. The molecule has 0 fully saturated rings. The van der Waals surface area contributed by atoms with Crippen LogP contribution >= 0.6 is 11.3 Å². The molecule has 0 saturated carbocycles. The first-order chi connectivity index (χ1) is 10.2. The second-order valence-corrected chi connectivity index (χ2v) is 6.37. The van der Waals surface area contributed by atoms with E-state index in [2.05, 4.69) is 17.5 Å². The SMILES string of the molecule is Nc1c(C(=O)NCC2CC=CCC2)sc2cccc(F)c12. The molecule has 1 heterocycles. The van der Waals surface area contributed by atoms with Crippen LogP contribution in [-0.4, -0.2) is 12.5 Å². The van der Waals surface area contributed by atoms with E-state index in [9.17, 15) is 9.18 Å². The number of amides is 1. The van der Waals surface area contributed by atoms with Crippen LogP contribution in [0.3, 0.4) is 0 Å². The molecule has 5 heteroatoms. The first kappa shape index (κ1) is 14.1. The number of nitrogen functional groups attached to an aromatic ring is 1. The zero-order valence-corrected chi connectivity index (χ0v) is 12.4. The highest BCUT2D eigenvalue weighted by Gasteiger charge is 2.19. The Kier molecular flexibility index (Phi) is 3.92. The van der Waals surface area contributed by atoms with Crippen molar-refractivity contribution in [3.05, 3.63) is 41.0 Å². The molecule has 21 heavy (non-hydrogen) atoms. The maximum absolute atomic E-state index is 13.8. The Bertz CT molecular complexity index is 708. The van der Waals surface area contributed by atoms with Crippen molar-refractivity contribution in [3.63, 3.8) is 0 Å². The Morgan fingerprint density at radius 1 is 1.43 bits per heavy atom. The molecule has 2 aromatic rings. The summed E-state index contributed by atoms with van der Waals surface area (Å²) in [6.07, 6.45) is 7.48. The molecule has 1 aliphatic rings. The van der Waals surface area contributed by atoms with E-state index in [1.54, 1.807) is 12.1 Å². The van der Waals surface area contributed by atoms with Crippen LogP contribution in [-0.2, 0) is 0 Å². The molecule has 3 nitrogen and oxygen atoms in total. The van der Waals surface area contributed by atoms with Gasteiger partial charge in [0.25, 0.3) is 5.91 Å². The third-order valence-corrected chi connectivity index (χ3v) is 5.01. The van der Waals surface area contributed by atoms with Crippen LogP contribution in [0.2, 0.25) is 0 Å². The van der Waals surface area contributed by atoms with E-state index in [1.807, 2.05) is 0 Å². The number of anilines is 1. The number of carbonyl (C=O) groups is 1. The first-order valence-corrected chi connectivity index (χ1v) is 7.88. The molecule has 0 spiro atoms. The maximum Gasteiger partial charge on any atom is 0.263 e. The van der Waals surface area contributed by atoms with E-state index in [0.717, 1.165) is 19.3 Å². The number of nitrogens with one attached hydrogen (secondary N) is 1. The Hall–Kier alpha value is -1.88. The van der Waals surface area contributed by atoms with Crippen LogP contribution in [0.15, 0.2) is 30.4 Å². The van der Waals surface area contributed by atoms with Gasteiger partial charge in [-0.1, -0.05) is 18.2 Å². The summed E-state index contributed by atoms with van der Waals surface area (Å²) in [5.41, 5.74) is 6.19. The number of carbonyl (C=O) groups excluding carboxylic acids is 1. The monoisotopic (exact) mass is 304 g/mol. The summed E-state index contributed by atoms with van der Waals surface area (Å²) in [4.78, 5) is 12.7. The maximum atomic E-state index is 13.8. The van der Waals surface area contributed by atoms with Crippen molar-refractivity contribution in [1.29, 1.82) is 0 Å². The number of hydrogen-bond donors (Lipinski definition) is 2. The van der Waals surface area contributed by atoms with Gasteiger partial charge < -0.3 is 11.1 Å². The van der Waals surface area contributed by atoms with Crippen molar-refractivity contribution >= 4 is 33.0 Å². The van der Waals surface area contributed by atoms with Gasteiger partial charge in [-0.2, -0.15) is 0 Å². The van der Waals surface area contributed by atoms with Gasteiger partial charge in [-0.3, -0.25) is 4.79 Å². The van der Waals surface area contributed by atoms with E-state index in [0.29, 0.717) is 27.4 Å². The largest absolute Gasteiger partial charge is 0.397 e. The lowest BCUT2D eigenvalue weighted by molar-refractivity contribution is 0.0951. The van der Waals surface area contributed by atoms with Gasteiger partial charge in [-0.15, -0.1) is 11.3 Å². The highest BCUT2D eigenvalue weighted by atomic mass is 32.1. The Morgan fingerprint density at radius 2 is 2.29 bits per heavy atom. The van der Waals surface area contributed by atoms with Crippen molar-refractivity contribution in [1.82, 2.24) is 5.32 Å². The quantitative estimate of drug-likeness (QED) is 0.849. The van der Waals surface area contributed by atoms with Crippen molar-refractivity contribution in [2.45, 2.75) is 19.3 Å². The van der Waals surface area contributed by atoms with Crippen LogP contribution in [0.1, 0.15) is 28.9 Å². The van der Waals surface area contributed by atoms with Gasteiger partial charge in [0.15, 0.2) is 0 Å². The molecule has 0 aliphatic heterocycles. The van der Waals surface area contributed by atoms with Gasteiger partial charge in [-0.05, 0) is 37.3 Å². The van der Waals surface area contributed by atoms with Crippen LogP contribution in [0.4, 0.5) is 10.1 Å². The van der Waals surface area contributed by atoms with E-state index in [1.165, 1.54) is 17.4 Å². The van der Waals surface area contributed by atoms with Gasteiger partial charge in [0.05, 0.1) is 11.1 Å². The fourth-order valence-corrected chi connectivity index (χ4v) is 3.71. The summed E-state index contributed by atoms with van der Waals surface area (Å²) in [7, 11) is 0. The summed E-state index contributed by atoms with van der Waals surface area (Å²) >= 11 is 1.24. The number of allylic oxidation sites excluding steroid dienone is 2.